The highest BCUT2D eigenvalue weighted by molar-refractivity contribution is 5.95. The Morgan fingerprint density at radius 3 is 2.31 bits per heavy atom. The lowest BCUT2D eigenvalue weighted by Crippen LogP contribution is -2.43. The summed E-state index contributed by atoms with van der Waals surface area (Å²) in [6.07, 6.45) is 0. The third-order valence-electron chi connectivity index (χ3n) is 3.90. The summed E-state index contributed by atoms with van der Waals surface area (Å²) in [5, 5.41) is 0. The summed E-state index contributed by atoms with van der Waals surface area (Å²) in [6.45, 7) is 8.10. The first kappa shape index (κ1) is 19.3. The van der Waals surface area contributed by atoms with Crippen LogP contribution in [0.3, 0.4) is 0 Å². The van der Waals surface area contributed by atoms with Crippen LogP contribution in [0.15, 0.2) is 36.4 Å². The summed E-state index contributed by atoms with van der Waals surface area (Å²) in [4.78, 5) is 24.0. The molecule has 6 nitrogen and oxygen atoms in total. The zero-order chi connectivity index (χ0) is 19.1. The molecule has 0 spiro atoms. The van der Waals surface area contributed by atoms with Crippen molar-refractivity contribution < 1.29 is 19.1 Å². The number of rotatable bonds is 6. The Labute approximate surface area is 153 Å². The number of nitrogens with one attached hydrogen (secondary N) is 2. The average molecular weight is 356 g/mol. The molecule has 2 rings (SSSR count). The Balaban J connectivity index is 1.83. The summed E-state index contributed by atoms with van der Waals surface area (Å²) >= 11 is 0. The summed E-state index contributed by atoms with van der Waals surface area (Å²) in [5.74, 6) is 0.488. The first-order valence-corrected chi connectivity index (χ1v) is 8.43. The second-order valence-corrected chi connectivity index (χ2v) is 5.95. The van der Waals surface area contributed by atoms with E-state index in [4.69, 9.17) is 9.47 Å². The molecule has 0 radical (unpaired) electrons. The second kappa shape index (κ2) is 8.89. The average Bonchev–Trinajstić information content (AvgIpc) is 2.62. The van der Waals surface area contributed by atoms with Crippen LogP contribution in [0.4, 0.5) is 0 Å². The van der Waals surface area contributed by atoms with E-state index in [1.165, 1.54) is 0 Å². The number of aryl methyl sites for hydroxylation is 3. The van der Waals surface area contributed by atoms with Crippen molar-refractivity contribution in [2.75, 3.05) is 13.2 Å². The van der Waals surface area contributed by atoms with Gasteiger partial charge in [0.2, 0.25) is 0 Å². The normalized spacial score (nSPS) is 10.2. The largest absolute Gasteiger partial charge is 0.494 e. The van der Waals surface area contributed by atoms with Gasteiger partial charge in [-0.2, -0.15) is 0 Å². The van der Waals surface area contributed by atoms with Crippen LogP contribution in [0.1, 0.15) is 34.0 Å². The summed E-state index contributed by atoms with van der Waals surface area (Å²) in [7, 11) is 0. The molecule has 6 heteroatoms. The number of benzene rings is 2. The van der Waals surface area contributed by atoms with E-state index in [-0.39, 0.29) is 6.61 Å². The lowest BCUT2D eigenvalue weighted by atomic mass is 10.1. The Hall–Kier alpha value is -3.02. The topological polar surface area (TPSA) is 76.7 Å². The predicted octanol–water partition coefficient (Wildman–Crippen LogP) is 2.85. The zero-order valence-corrected chi connectivity index (χ0v) is 15.5. The van der Waals surface area contributed by atoms with Gasteiger partial charge in [0, 0.05) is 5.56 Å². The molecule has 0 saturated heterocycles. The second-order valence-electron chi connectivity index (χ2n) is 5.95. The Kier molecular flexibility index (Phi) is 6.60. The molecule has 0 bridgehead atoms. The molecular formula is C20H24N2O4. The van der Waals surface area contributed by atoms with Crippen LogP contribution in [-0.4, -0.2) is 25.0 Å². The standard InChI is InChI=1S/C20H24N2O4/c1-5-25-18-9-7-16(10-15(18)4)20(24)22-21-19(23)12-26-17-8-6-13(2)14(3)11-17/h6-11H,5,12H2,1-4H3,(H,21,23)(H,22,24). The first-order valence-electron chi connectivity index (χ1n) is 8.43. The van der Waals surface area contributed by atoms with Gasteiger partial charge in [-0.05, 0) is 74.7 Å². The monoisotopic (exact) mass is 356 g/mol. The van der Waals surface area contributed by atoms with Crippen molar-refractivity contribution in [3.05, 3.63) is 58.7 Å². The SMILES string of the molecule is CCOc1ccc(C(=O)NNC(=O)COc2ccc(C)c(C)c2)cc1C. The predicted molar refractivity (Wildman–Crippen MR) is 99.4 cm³/mol. The summed E-state index contributed by atoms with van der Waals surface area (Å²) in [5.41, 5.74) is 8.24. The van der Waals surface area contributed by atoms with Crippen molar-refractivity contribution in [3.63, 3.8) is 0 Å². The molecule has 0 aliphatic carbocycles. The van der Waals surface area contributed by atoms with Gasteiger partial charge >= 0.3 is 0 Å². The highest BCUT2D eigenvalue weighted by Gasteiger charge is 2.10. The molecule has 2 N–H and O–H groups in total. The molecule has 26 heavy (non-hydrogen) atoms. The molecule has 0 saturated carbocycles. The van der Waals surface area contributed by atoms with E-state index < -0.39 is 11.8 Å². The lowest BCUT2D eigenvalue weighted by Gasteiger charge is -2.11. The Morgan fingerprint density at radius 1 is 0.885 bits per heavy atom. The van der Waals surface area contributed by atoms with Crippen LogP contribution in [0.2, 0.25) is 0 Å². The fourth-order valence-electron chi connectivity index (χ4n) is 2.30. The van der Waals surface area contributed by atoms with Gasteiger partial charge in [0.15, 0.2) is 6.61 Å². The fourth-order valence-corrected chi connectivity index (χ4v) is 2.30. The minimum absolute atomic E-state index is 0.189. The van der Waals surface area contributed by atoms with Crippen LogP contribution in [-0.2, 0) is 4.79 Å². The molecular weight excluding hydrogens is 332 g/mol. The molecule has 0 fully saturated rings. The third-order valence-corrected chi connectivity index (χ3v) is 3.90. The molecule has 2 aromatic carbocycles. The van der Waals surface area contributed by atoms with Gasteiger partial charge in [-0.15, -0.1) is 0 Å². The van der Waals surface area contributed by atoms with Gasteiger partial charge in [0.1, 0.15) is 11.5 Å². The van der Waals surface area contributed by atoms with E-state index in [1.54, 1.807) is 24.3 Å². The number of hydrazine groups is 1. The van der Waals surface area contributed by atoms with Crippen LogP contribution in [0.5, 0.6) is 11.5 Å². The number of hydrogen-bond donors (Lipinski definition) is 2. The van der Waals surface area contributed by atoms with Gasteiger partial charge in [-0.25, -0.2) is 0 Å². The third kappa shape index (κ3) is 5.24. The van der Waals surface area contributed by atoms with Gasteiger partial charge in [0.05, 0.1) is 6.61 Å². The van der Waals surface area contributed by atoms with E-state index in [0.717, 1.165) is 22.4 Å². The highest BCUT2D eigenvalue weighted by atomic mass is 16.5. The molecule has 0 aromatic heterocycles. The zero-order valence-electron chi connectivity index (χ0n) is 15.5. The number of ether oxygens (including phenoxy) is 2. The molecule has 0 heterocycles. The minimum atomic E-state index is -0.445. The van der Waals surface area contributed by atoms with Gasteiger partial charge < -0.3 is 9.47 Å². The number of carbonyl (C=O) groups excluding carboxylic acids is 2. The fraction of sp³-hybridized carbons (Fsp3) is 0.300. The van der Waals surface area contributed by atoms with Crippen molar-refractivity contribution in [2.45, 2.75) is 27.7 Å². The van der Waals surface area contributed by atoms with E-state index in [2.05, 4.69) is 10.9 Å². The van der Waals surface area contributed by atoms with E-state index in [0.29, 0.717) is 17.9 Å². The molecule has 138 valence electrons. The molecule has 2 amide bonds. The van der Waals surface area contributed by atoms with Crippen molar-refractivity contribution in [3.8, 4) is 11.5 Å². The molecule has 0 aliphatic heterocycles. The van der Waals surface area contributed by atoms with Crippen LogP contribution in [0.25, 0.3) is 0 Å². The number of hydrogen-bond acceptors (Lipinski definition) is 4. The smallest absolute Gasteiger partial charge is 0.276 e. The van der Waals surface area contributed by atoms with Crippen molar-refractivity contribution in [1.29, 1.82) is 0 Å². The summed E-state index contributed by atoms with van der Waals surface area (Å²) in [6, 6.07) is 10.7. The Morgan fingerprint density at radius 2 is 1.65 bits per heavy atom. The summed E-state index contributed by atoms with van der Waals surface area (Å²) < 4.78 is 10.9. The highest BCUT2D eigenvalue weighted by Crippen LogP contribution is 2.19. The number of carbonyl (C=O) groups is 2. The lowest BCUT2D eigenvalue weighted by molar-refractivity contribution is -0.123. The van der Waals surface area contributed by atoms with E-state index in [1.807, 2.05) is 39.8 Å². The van der Waals surface area contributed by atoms with Gasteiger partial charge in [-0.3, -0.25) is 20.4 Å². The van der Waals surface area contributed by atoms with Crippen molar-refractivity contribution in [1.82, 2.24) is 10.9 Å². The number of amides is 2. The minimum Gasteiger partial charge on any atom is -0.494 e. The molecule has 2 aromatic rings. The maximum absolute atomic E-state index is 12.1. The van der Waals surface area contributed by atoms with Gasteiger partial charge in [0.25, 0.3) is 11.8 Å². The van der Waals surface area contributed by atoms with Crippen molar-refractivity contribution >= 4 is 11.8 Å². The van der Waals surface area contributed by atoms with Crippen LogP contribution in [0, 0.1) is 20.8 Å². The van der Waals surface area contributed by atoms with E-state index >= 15 is 0 Å². The van der Waals surface area contributed by atoms with Crippen LogP contribution >= 0.6 is 0 Å². The molecule has 0 atom stereocenters. The first-order chi connectivity index (χ1) is 12.4. The maximum atomic E-state index is 12.1. The van der Waals surface area contributed by atoms with Gasteiger partial charge in [-0.1, -0.05) is 6.07 Å². The van der Waals surface area contributed by atoms with Crippen molar-refractivity contribution in [2.24, 2.45) is 0 Å². The quantitative estimate of drug-likeness (QED) is 0.781. The Bertz CT molecular complexity index is 802. The van der Waals surface area contributed by atoms with Crippen LogP contribution < -0.4 is 20.3 Å². The van der Waals surface area contributed by atoms with E-state index in [9.17, 15) is 9.59 Å². The molecule has 0 aliphatic rings. The molecule has 0 unspecified atom stereocenters. The maximum Gasteiger partial charge on any atom is 0.276 e.